The fourth-order valence-corrected chi connectivity index (χ4v) is 4.82. The molecule has 160 valence electrons. The molecule has 1 N–H and O–H groups in total. The number of ether oxygens (including phenoxy) is 1. The number of aromatic nitrogens is 5. The zero-order chi connectivity index (χ0) is 21.4. The van der Waals surface area contributed by atoms with Crippen LogP contribution in [0.3, 0.4) is 0 Å². The smallest absolute Gasteiger partial charge is 0.278 e. The SMILES string of the molecule is Cc1ccccc1-c1nc(CSc2nc3c(=O)[nH]cnc3n2C[C@@H]2CCCO2)c(C)o1. The van der Waals surface area contributed by atoms with Crippen molar-refractivity contribution in [3.05, 3.63) is 58.0 Å². The first-order valence-corrected chi connectivity index (χ1v) is 11.3. The molecular weight excluding hydrogens is 414 g/mol. The van der Waals surface area contributed by atoms with Crippen LogP contribution in [-0.4, -0.2) is 37.2 Å². The van der Waals surface area contributed by atoms with E-state index in [0.29, 0.717) is 29.4 Å². The molecule has 4 heterocycles. The predicted molar refractivity (Wildman–Crippen MR) is 118 cm³/mol. The first kappa shape index (κ1) is 20.0. The summed E-state index contributed by atoms with van der Waals surface area (Å²) < 4.78 is 13.7. The Balaban J connectivity index is 1.44. The molecule has 8 nitrogen and oxygen atoms in total. The topological polar surface area (TPSA) is 98.8 Å². The number of nitrogens with zero attached hydrogens (tertiary/aromatic N) is 4. The lowest BCUT2D eigenvalue weighted by Gasteiger charge is -2.13. The summed E-state index contributed by atoms with van der Waals surface area (Å²) in [6.07, 6.45) is 3.57. The molecular formula is C22H23N5O3S. The Morgan fingerprint density at radius 3 is 2.94 bits per heavy atom. The summed E-state index contributed by atoms with van der Waals surface area (Å²) in [5.74, 6) is 1.98. The first-order valence-electron chi connectivity index (χ1n) is 10.3. The Labute approximate surface area is 183 Å². The van der Waals surface area contributed by atoms with Crippen molar-refractivity contribution < 1.29 is 9.15 Å². The summed E-state index contributed by atoms with van der Waals surface area (Å²) in [7, 11) is 0. The molecule has 0 aliphatic carbocycles. The van der Waals surface area contributed by atoms with Gasteiger partial charge in [-0.3, -0.25) is 4.79 Å². The van der Waals surface area contributed by atoms with Gasteiger partial charge in [0.25, 0.3) is 5.56 Å². The van der Waals surface area contributed by atoms with Crippen LogP contribution in [0, 0.1) is 13.8 Å². The lowest BCUT2D eigenvalue weighted by Crippen LogP contribution is -2.16. The number of oxazole rings is 1. The number of aryl methyl sites for hydroxylation is 2. The molecule has 31 heavy (non-hydrogen) atoms. The minimum atomic E-state index is -0.239. The minimum Gasteiger partial charge on any atom is -0.441 e. The molecule has 9 heteroatoms. The Hall–Kier alpha value is -2.91. The van der Waals surface area contributed by atoms with Crippen LogP contribution in [-0.2, 0) is 17.0 Å². The molecule has 0 spiro atoms. The maximum Gasteiger partial charge on any atom is 0.278 e. The number of rotatable bonds is 6. The number of imidazole rings is 1. The van der Waals surface area contributed by atoms with E-state index in [-0.39, 0.29) is 11.7 Å². The Bertz CT molecular complexity index is 1290. The molecule has 0 amide bonds. The highest BCUT2D eigenvalue weighted by Gasteiger charge is 2.22. The van der Waals surface area contributed by atoms with Crippen LogP contribution in [0.15, 0.2) is 45.0 Å². The molecule has 0 radical (unpaired) electrons. The molecule has 5 rings (SSSR count). The molecule has 0 saturated carbocycles. The first-order chi connectivity index (χ1) is 15.1. The van der Waals surface area contributed by atoms with Crippen LogP contribution in [0.1, 0.15) is 29.9 Å². The molecule has 0 bridgehead atoms. The van der Waals surface area contributed by atoms with Crippen LogP contribution >= 0.6 is 11.8 Å². The van der Waals surface area contributed by atoms with Gasteiger partial charge < -0.3 is 18.7 Å². The normalized spacial score (nSPS) is 16.4. The van der Waals surface area contributed by atoms with Crippen LogP contribution in [0.2, 0.25) is 0 Å². The van der Waals surface area contributed by atoms with Gasteiger partial charge in [-0.15, -0.1) is 0 Å². The van der Waals surface area contributed by atoms with E-state index >= 15 is 0 Å². The zero-order valence-electron chi connectivity index (χ0n) is 17.4. The average molecular weight is 438 g/mol. The molecule has 1 saturated heterocycles. The largest absolute Gasteiger partial charge is 0.441 e. The van der Waals surface area contributed by atoms with Gasteiger partial charge in [-0.05, 0) is 38.3 Å². The second-order valence-corrected chi connectivity index (χ2v) is 8.61. The van der Waals surface area contributed by atoms with Crippen molar-refractivity contribution >= 4 is 22.9 Å². The van der Waals surface area contributed by atoms with Crippen LogP contribution < -0.4 is 5.56 Å². The third kappa shape index (κ3) is 3.90. The van der Waals surface area contributed by atoms with E-state index in [0.717, 1.165) is 47.2 Å². The van der Waals surface area contributed by atoms with Crippen molar-refractivity contribution in [2.75, 3.05) is 6.61 Å². The van der Waals surface area contributed by atoms with Crippen molar-refractivity contribution in [3.8, 4) is 11.5 Å². The standard InChI is InChI=1S/C22H23N5O3S/c1-13-6-3-4-8-16(13)21-25-17(14(2)30-21)11-31-22-26-18-19(23-12-24-20(18)28)27(22)10-15-7-5-9-29-15/h3-4,6,8,12,15H,5,7,9-11H2,1-2H3,(H,23,24,28)/t15-/m0/s1. The summed E-state index contributed by atoms with van der Waals surface area (Å²) in [5, 5.41) is 0.731. The highest BCUT2D eigenvalue weighted by molar-refractivity contribution is 7.98. The van der Waals surface area contributed by atoms with Crippen molar-refractivity contribution in [2.24, 2.45) is 0 Å². The number of H-pyrrole nitrogens is 1. The predicted octanol–water partition coefficient (Wildman–Crippen LogP) is 3.86. The van der Waals surface area contributed by atoms with Gasteiger partial charge in [0.1, 0.15) is 5.76 Å². The third-order valence-corrected chi connectivity index (χ3v) is 6.51. The van der Waals surface area contributed by atoms with Crippen molar-refractivity contribution in [1.82, 2.24) is 24.5 Å². The van der Waals surface area contributed by atoms with E-state index in [1.54, 1.807) is 0 Å². The van der Waals surface area contributed by atoms with E-state index in [9.17, 15) is 4.79 Å². The van der Waals surface area contributed by atoms with Gasteiger partial charge in [-0.25, -0.2) is 15.0 Å². The van der Waals surface area contributed by atoms with Gasteiger partial charge in [-0.1, -0.05) is 30.0 Å². The summed E-state index contributed by atoms with van der Waals surface area (Å²) in [6.45, 7) is 5.36. The van der Waals surface area contributed by atoms with Crippen molar-refractivity contribution in [2.45, 2.75) is 50.2 Å². The third-order valence-electron chi connectivity index (χ3n) is 5.52. The molecule has 4 aromatic rings. The monoisotopic (exact) mass is 437 g/mol. The van der Waals surface area contributed by atoms with Crippen molar-refractivity contribution in [1.29, 1.82) is 0 Å². The van der Waals surface area contributed by atoms with E-state index in [4.69, 9.17) is 14.1 Å². The number of fused-ring (bicyclic) bond motifs is 1. The van der Waals surface area contributed by atoms with Crippen molar-refractivity contribution in [3.63, 3.8) is 0 Å². The maximum atomic E-state index is 12.3. The lowest BCUT2D eigenvalue weighted by molar-refractivity contribution is 0.0958. The van der Waals surface area contributed by atoms with E-state index in [2.05, 4.69) is 15.0 Å². The minimum absolute atomic E-state index is 0.110. The fraction of sp³-hybridized carbons (Fsp3) is 0.364. The van der Waals surface area contributed by atoms with E-state index in [1.807, 2.05) is 42.7 Å². The number of thioether (sulfide) groups is 1. The van der Waals surface area contributed by atoms with Crippen LogP contribution in [0.4, 0.5) is 0 Å². The van der Waals surface area contributed by atoms with Gasteiger partial charge in [0.2, 0.25) is 5.89 Å². The molecule has 1 fully saturated rings. The van der Waals surface area contributed by atoms with Gasteiger partial charge in [0.05, 0.1) is 24.7 Å². The van der Waals surface area contributed by atoms with Gasteiger partial charge in [0, 0.05) is 17.9 Å². The quantitative estimate of drug-likeness (QED) is 0.457. The number of benzene rings is 1. The summed E-state index contributed by atoms with van der Waals surface area (Å²) in [6, 6.07) is 8.03. The molecule has 1 aliphatic rings. The summed E-state index contributed by atoms with van der Waals surface area (Å²) in [5.41, 5.74) is 3.66. The molecule has 1 aliphatic heterocycles. The highest BCUT2D eigenvalue weighted by atomic mass is 32.2. The zero-order valence-corrected chi connectivity index (χ0v) is 18.2. The molecule has 3 aromatic heterocycles. The van der Waals surface area contributed by atoms with Gasteiger partial charge in [0.15, 0.2) is 16.3 Å². The highest BCUT2D eigenvalue weighted by Crippen LogP contribution is 2.30. The summed E-state index contributed by atoms with van der Waals surface area (Å²) >= 11 is 1.53. The number of hydrogen-bond acceptors (Lipinski definition) is 7. The van der Waals surface area contributed by atoms with E-state index < -0.39 is 0 Å². The van der Waals surface area contributed by atoms with Crippen LogP contribution in [0.5, 0.6) is 0 Å². The Morgan fingerprint density at radius 1 is 1.26 bits per heavy atom. The Kier molecular flexibility index (Phi) is 5.37. The average Bonchev–Trinajstić information content (AvgIpc) is 3.48. The van der Waals surface area contributed by atoms with Gasteiger partial charge >= 0.3 is 0 Å². The fourth-order valence-electron chi connectivity index (χ4n) is 3.82. The Morgan fingerprint density at radius 2 is 2.13 bits per heavy atom. The number of hydrogen-bond donors (Lipinski definition) is 1. The maximum absolute atomic E-state index is 12.3. The molecule has 0 unspecified atom stereocenters. The van der Waals surface area contributed by atoms with Gasteiger partial charge in [-0.2, -0.15) is 0 Å². The second kappa shape index (κ2) is 8.32. The molecule has 1 aromatic carbocycles. The summed E-state index contributed by atoms with van der Waals surface area (Å²) in [4.78, 5) is 28.6. The lowest BCUT2D eigenvalue weighted by atomic mass is 10.1. The number of aromatic amines is 1. The van der Waals surface area contributed by atoms with E-state index in [1.165, 1.54) is 18.1 Å². The number of nitrogens with one attached hydrogen (secondary N) is 1. The second-order valence-electron chi connectivity index (χ2n) is 7.67. The van der Waals surface area contributed by atoms with Crippen LogP contribution in [0.25, 0.3) is 22.6 Å². The molecule has 1 atom stereocenters.